The van der Waals surface area contributed by atoms with Crippen LogP contribution in [0.5, 0.6) is 0 Å². The Morgan fingerprint density at radius 2 is 1.89 bits per heavy atom. The molecule has 98 valence electrons. The van der Waals surface area contributed by atoms with Crippen LogP contribution in [0.3, 0.4) is 0 Å². The second-order valence-corrected chi connectivity index (χ2v) is 4.18. The molecule has 1 amide bonds. The predicted octanol–water partition coefficient (Wildman–Crippen LogP) is 3.11. The van der Waals surface area contributed by atoms with Gasteiger partial charge in [0.2, 0.25) is 0 Å². The molecule has 0 spiro atoms. The van der Waals surface area contributed by atoms with Crippen molar-refractivity contribution in [3.05, 3.63) is 59.2 Å². The van der Waals surface area contributed by atoms with Crippen molar-refractivity contribution in [2.75, 3.05) is 11.1 Å². The second-order valence-electron chi connectivity index (χ2n) is 4.18. The highest BCUT2D eigenvalue weighted by atomic mass is 19.1. The molecule has 5 heteroatoms. The molecule has 2 aromatic carbocycles. The molecule has 0 bridgehead atoms. The average molecular weight is 262 g/mol. The molecular formula is C14H12F2N2O. The van der Waals surface area contributed by atoms with Crippen LogP contribution < -0.4 is 11.1 Å². The average Bonchev–Trinajstić information content (AvgIpc) is 2.36. The van der Waals surface area contributed by atoms with Gasteiger partial charge in [-0.15, -0.1) is 0 Å². The summed E-state index contributed by atoms with van der Waals surface area (Å²) in [6.45, 7) is 1.84. The van der Waals surface area contributed by atoms with Crippen LogP contribution in [-0.4, -0.2) is 5.91 Å². The first-order chi connectivity index (χ1) is 8.97. The van der Waals surface area contributed by atoms with E-state index in [0.29, 0.717) is 11.6 Å². The lowest BCUT2D eigenvalue weighted by atomic mass is 10.1. The summed E-state index contributed by atoms with van der Waals surface area (Å²) in [4.78, 5) is 11.9. The molecule has 0 aliphatic carbocycles. The van der Waals surface area contributed by atoms with Crippen molar-refractivity contribution in [3.63, 3.8) is 0 Å². The Hall–Kier alpha value is -2.43. The number of hydrogen-bond acceptors (Lipinski definition) is 2. The zero-order valence-electron chi connectivity index (χ0n) is 10.2. The summed E-state index contributed by atoms with van der Waals surface area (Å²) in [5, 5.41) is 2.36. The second kappa shape index (κ2) is 5.06. The van der Waals surface area contributed by atoms with Gasteiger partial charge in [-0.05, 0) is 25.1 Å². The highest BCUT2D eigenvalue weighted by Crippen LogP contribution is 2.21. The van der Waals surface area contributed by atoms with E-state index in [9.17, 15) is 13.6 Å². The summed E-state index contributed by atoms with van der Waals surface area (Å²) in [5.74, 6) is -2.20. The predicted molar refractivity (Wildman–Crippen MR) is 69.9 cm³/mol. The molecule has 0 saturated heterocycles. The third-order valence-corrected chi connectivity index (χ3v) is 2.61. The summed E-state index contributed by atoms with van der Waals surface area (Å²) in [6.07, 6.45) is 0. The van der Waals surface area contributed by atoms with Gasteiger partial charge in [0.15, 0.2) is 0 Å². The van der Waals surface area contributed by atoms with Crippen LogP contribution in [0, 0.1) is 18.6 Å². The van der Waals surface area contributed by atoms with Gasteiger partial charge in [0.1, 0.15) is 11.6 Å². The standard InChI is InChI=1S/C14H12F2N2O/c1-8-3-2-4-9(5-8)14(19)18-13-7-12(17)10(15)6-11(13)16/h2-7H,17H2,1H3,(H,18,19). The molecule has 3 N–H and O–H groups in total. The van der Waals surface area contributed by atoms with Gasteiger partial charge in [-0.1, -0.05) is 17.7 Å². The number of carbonyl (C=O) groups is 1. The largest absolute Gasteiger partial charge is 0.396 e. The number of aryl methyl sites for hydroxylation is 1. The number of nitrogen functional groups attached to an aromatic ring is 1. The van der Waals surface area contributed by atoms with Crippen LogP contribution in [0.1, 0.15) is 15.9 Å². The number of nitrogens with one attached hydrogen (secondary N) is 1. The van der Waals surface area contributed by atoms with E-state index in [2.05, 4.69) is 5.32 Å². The Morgan fingerprint density at radius 3 is 2.58 bits per heavy atom. The molecule has 0 radical (unpaired) electrons. The van der Waals surface area contributed by atoms with Gasteiger partial charge in [-0.25, -0.2) is 8.78 Å². The number of rotatable bonds is 2. The molecule has 0 aliphatic rings. The maximum absolute atomic E-state index is 13.5. The Morgan fingerprint density at radius 1 is 1.16 bits per heavy atom. The Bertz CT molecular complexity index is 641. The first-order valence-corrected chi connectivity index (χ1v) is 5.60. The lowest BCUT2D eigenvalue weighted by Gasteiger charge is -2.08. The monoisotopic (exact) mass is 262 g/mol. The van der Waals surface area contributed by atoms with Gasteiger partial charge in [0, 0.05) is 11.6 Å². The van der Waals surface area contributed by atoms with Crippen molar-refractivity contribution in [2.24, 2.45) is 0 Å². The van der Waals surface area contributed by atoms with Crippen molar-refractivity contribution in [2.45, 2.75) is 6.92 Å². The number of hydrogen-bond donors (Lipinski definition) is 2. The van der Waals surface area contributed by atoms with Crippen LogP contribution in [-0.2, 0) is 0 Å². The maximum Gasteiger partial charge on any atom is 0.255 e. The lowest BCUT2D eigenvalue weighted by Crippen LogP contribution is -2.13. The first-order valence-electron chi connectivity index (χ1n) is 5.60. The molecule has 0 saturated carbocycles. The van der Waals surface area contributed by atoms with Gasteiger partial charge in [0.25, 0.3) is 5.91 Å². The molecule has 0 fully saturated rings. The third-order valence-electron chi connectivity index (χ3n) is 2.61. The maximum atomic E-state index is 13.5. The number of amides is 1. The third kappa shape index (κ3) is 2.88. The fraction of sp³-hybridized carbons (Fsp3) is 0.0714. The smallest absolute Gasteiger partial charge is 0.255 e. The Balaban J connectivity index is 2.27. The van der Waals surface area contributed by atoms with Gasteiger partial charge in [-0.3, -0.25) is 4.79 Å². The molecule has 0 heterocycles. The molecule has 0 aromatic heterocycles. The van der Waals surface area contributed by atoms with Crippen LogP contribution in [0.4, 0.5) is 20.2 Å². The lowest BCUT2D eigenvalue weighted by molar-refractivity contribution is 0.102. The van der Waals surface area contributed by atoms with E-state index in [0.717, 1.165) is 11.6 Å². The van der Waals surface area contributed by atoms with Gasteiger partial charge in [0.05, 0.1) is 11.4 Å². The zero-order valence-corrected chi connectivity index (χ0v) is 10.2. The summed E-state index contributed by atoms with van der Waals surface area (Å²) >= 11 is 0. The SMILES string of the molecule is Cc1cccc(C(=O)Nc2cc(N)c(F)cc2F)c1. The quantitative estimate of drug-likeness (QED) is 0.817. The van der Waals surface area contributed by atoms with E-state index in [-0.39, 0.29) is 11.4 Å². The van der Waals surface area contributed by atoms with Crippen molar-refractivity contribution >= 4 is 17.3 Å². The van der Waals surface area contributed by atoms with Crippen molar-refractivity contribution in [3.8, 4) is 0 Å². The van der Waals surface area contributed by atoms with Crippen molar-refractivity contribution in [1.82, 2.24) is 0 Å². The van der Waals surface area contributed by atoms with Crippen molar-refractivity contribution in [1.29, 1.82) is 0 Å². The summed E-state index contributed by atoms with van der Waals surface area (Å²) in [7, 11) is 0. The number of anilines is 2. The van der Waals surface area contributed by atoms with Crippen LogP contribution in [0.15, 0.2) is 36.4 Å². The fourth-order valence-electron chi connectivity index (χ4n) is 1.64. The van der Waals surface area contributed by atoms with Gasteiger partial charge >= 0.3 is 0 Å². The fourth-order valence-corrected chi connectivity index (χ4v) is 1.64. The molecular weight excluding hydrogens is 250 g/mol. The van der Waals surface area contributed by atoms with Crippen molar-refractivity contribution < 1.29 is 13.6 Å². The molecule has 19 heavy (non-hydrogen) atoms. The van der Waals surface area contributed by atoms with Crippen LogP contribution >= 0.6 is 0 Å². The highest BCUT2D eigenvalue weighted by molar-refractivity contribution is 6.04. The highest BCUT2D eigenvalue weighted by Gasteiger charge is 2.12. The van der Waals surface area contributed by atoms with Crippen LogP contribution in [0.25, 0.3) is 0 Å². The number of carbonyl (C=O) groups excluding carboxylic acids is 1. The van der Waals surface area contributed by atoms with E-state index in [1.54, 1.807) is 18.2 Å². The van der Waals surface area contributed by atoms with Crippen LogP contribution in [0.2, 0.25) is 0 Å². The number of halogens is 2. The minimum Gasteiger partial charge on any atom is -0.396 e. The normalized spacial score (nSPS) is 10.3. The van der Waals surface area contributed by atoms with Gasteiger partial charge in [-0.2, -0.15) is 0 Å². The zero-order chi connectivity index (χ0) is 14.0. The van der Waals surface area contributed by atoms with E-state index in [1.165, 1.54) is 0 Å². The van der Waals surface area contributed by atoms with E-state index < -0.39 is 17.5 Å². The van der Waals surface area contributed by atoms with E-state index in [4.69, 9.17) is 5.73 Å². The molecule has 2 aromatic rings. The minimum absolute atomic E-state index is 0.148. The Kier molecular flexibility index (Phi) is 3.46. The topological polar surface area (TPSA) is 55.1 Å². The molecule has 0 aliphatic heterocycles. The molecule has 0 unspecified atom stereocenters. The number of nitrogens with two attached hydrogens (primary N) is 1. The van der Waals surface area contributed by atoms with E-state index in [1.807, 2.05) is 13.0 Å². The summed E-state index contributed by atoms with van der Waals surface area (Å²) < 4.78 is 26.5. The Labute approximate surface area is 109 Å². The summed E-state index contributed by atoms with van der Waals surface area (Å²) in [6, 6.07) is 8.53. The minimum atomic E-state index is -0.868. The number of benzene rings is 2. The van der Waals surface area contributed by atoms with E-state index >= 15 is 0 Å². The molecule has 2 rings (SSSR count). The molecule has 3 nitrogen and oxygen atoms in total. The van der Waals surface area contributed by atoms with Gasteiger partial charge < -0.3 is 11.1 Å². The summed E-state index contributed by atoms with van der Waals surface area (Å²) in [5.41, 5.74) is 6.27. The first kappa shape index (κ1) is 13.0. The molecule has 0 atom stereocenters.